The maximum absolute atomic E-state index is 11.5. The van der Waals surface area contributed by atoms with Gasteiger partial charge in [0.2, 0.25) is 0 Å². The maximum Gasteiger partial charge on any atom is 0.335 e. The van der Waals surface area contributed by atoms with Crippen LogP contribution in [0.5, 0.6) is 5.75 Å². The van der Waals surface area contributed by atoms with Crippen molar-refractivity contribution >= 4 is 5.97 Å². The summed E-state index contributed by atoms with van der Waals surface area (Å²) < 4.78 is 10.7. The van der Waals surface area contributed by atoms with E-state index in [-0.39, 0.29) is 18.8 Å². The van der Waals surface area contributed by atoms with Crippen molar-refractivity contribution in [3.63, 3.8) is 0 Å². The highest BCUT2D eigenvalue weighted by Crippen LogP contribution is 2.41. The number of hydrogen-bond acceptors (Lipinski definition) is 4. The molecule has 0 spiro atoms. The third-order valence-corrected chi connectivity index (χ3v) is 8.20. The molecular weight excluding hydrogens is 496 g/mol. The van der Waals surface area contributed by atoms with E-state index < -0.39 is 12.6 Å². The topological polar surface area (TPSA) is 55.8 Å². The first kappa shape index (κ1) is 29.6. The molecule has 0 saturated heterocycles. The summed E-state index contributed by atoms with van der Waals surface area (Å²) >= 11 is 0. The Balaban J connectivity index is 1.27. The number of carbonyl (C=O) groups excluding carboxylic acids is 1. The van der Waals surface area contributed by atoms with E-state index in [0.29, 0.717) is 11.8 Å². The van der Waals surface area contributed by atoms with E-state index in [4.69, 9.17) is 14.6 Å². The summed E-state index contributed by atoms with van der Waals surface area (Å²) in [5.41, 5.74) is 8.19. The fourth-order valence-corrected chi connectivity index (χ4v) is 5.75. The monoisotopic (exact) mass is 540 g/mol. The van der Waals surface area contributed by atoms with E-state index in [0.717, 1.165) is 11.3 Å². The van der Waals surface area contributed by atoms with E-state index in [9.17, 15) is 4.79 Å². The van der Waals surface area contributed by atoms with Crippen LogP contribution in [-0.2, 0) is 16.0 Å². The van der Waals surface area contributed by atoms with Crippen LogP contribution in [-0.4, -0.2) is 30.9 Å². The molecular formula is C36H44O4. The van der Waals surface area contributed by atoms with Gasteiger partial charge in [-0.3, -0.25) is 0 Å². The third kappa shape index (κ3) is 8.08. The van der Waals surface area contributed by atoms with Crippen molar-refractivity contribution in [2.75, 3.05) is 19.8 Å². The number of aliphatic hydroxyl groups is 1. The van der Waals surface area contributed by atoms with Crippen molar-refractivity contribution in [3.05, 3.63) is 101 Å². The van der Waals surface area contributed by atoms with Crippen molar-refractivity contribution in [1.82, 2.24) is 0 Å². The minimum absolute atomic E-state index is 0.0389. The number of hydrogen-bond donors (Lipinski definition) is 1. The predicted octanol–water partition coefficient (Wildman–Crippen LogP) is 8.31. The van der Waals surface area contributed by atoms with Crippen LogP contribution < -0.4 is 4.74 Å². The minimum atomic E-state index is -0.601. The summed E-state index contributed by atoms with van der Waals surface area (Å²) in [5.74, 6) is 1.44. The van der Waals surface area contributed by atoms with Crippen molar-refractivity contribution in [1.29, 1.82) is 0 Å². The molecule has 3 aromatic carbocycles. The van der Waals surface area contributed by atoms with Crippen LogP contribution in [0.2, 0.25) is 0 Å². The molecule has 0 aromatic heterocycles. The van der Waals surface area contributed by atoms with Gasteiger partial charge in [0.25, 0.3) is 0 Å². The molecule has 1 N–H and O–H groups in total. The Morgan fingerprint density at radius 3 is 2.15 bits per heavy atom. The highest BCUT2D eigenvalue weighted by atomic mass is 16.6. The first-order valence-electron chi connectivity index (χ1n) is 14.9. The van der Waals surface area contributed by atoms with E-state index in [2.05, 4.69) is 75.0 Å². The Morgan fingerprint density at radius 1 is 0.875 bits per heavy atom. The van der Waals surface area contributed by atoms with Gasteiger partial charge in [-0.2, -0.15) is 0 Å². The first-order valence-corrected chi connectivity index (χ1v) is 14.9. The highest BCUT2D eigenvalue weighted by molar-refractivity contribution is 5.87. The summed E-state index contributed by atoms with van der Waals surface area (Å²) in [6, 6.07) is 24.4. The van der Waals surface area contributed by atoms with Crippen LogP contribution in [0.1, 0.15) is 86.0 Å². The molecule has 4 rings (SSSR count). The van der Waals surface area contributed by atoms with E-state index in [1.165, 1.54) is 79.2 Å². The fraction of sp³-hybridized carbons (Fsp3) is 0.417. The number of rotatable bonds is 13. The molecule has 1 saturated carbocycles. The van der Waals surface area contributed by atoms with Crippen molar-refractivity contribution in [2.45, 2.75) is 77.0 Å². The summed E-state index contributed by atoms with van der Waals surface area (Å²) in [7, 11) is 0. The zero-order chi connectivity index (χ0) is 28.3. The van der Waals surface area contributed by atoms with Crippen LogP contribution in [0.4, 0.5) is 0 Å². The Morgan fingerprint density at radius 2 is 1.52 bits per heavy atom. The molecule has 0 aliphatic heterocycles. The quantitative estimate of drug-likeness (QED) is 0.135. The molecule has 0 bridgehead atoms. The van der Waals surface area contributed by atoms with Gasteiger partial charge < -0.3 is 14.6 Å². The predicted molar refractivity (Wildman–Crippen MR) is 163 cm³/mol. The third-order valence-electron chi connectivity index (χ3n) is 8.20. The molecule has 40 heavy (non-hydrogen) atoms. The summed E-state index contributed by atoms with van der Waals surface area (Å²) in [6.45, 7) is 7.85. The van der Waals surface area contributed by atoms with E-state index in [1.807, 2.05) is 12.1 Å². The standard InChI is InChI=1S/C36H44O4/c1-4-5-6-7-28-8-10-29(11-9-28)30-12-14-31(15-13-30)33-18-21-35(26(2)24-33)32-16-19-34(20-17-32)39-22-23-40-36(38)27(3)25-37/h8-11,16-21,24,30-31,37H,3-7,12-15,22-23,25H2,1-2H3. The van der Waals surface area contributed by atoms with Gasteiger partial charge in [-0.25, -0.2) is 4.79 Å². The molecule has 0 atom stereocenters. The Kier molecular flexibility index (Phi) is 11.0. The summed E-state index contributed by atoms with van der Waals surface area (Å²) in [5, 5.41) is 8.91. The smallest absolute Gasteiger partial charge is 0.335 e. The van der Waals surface area contributed by atoms with Gasteiger partial charge in [-0.05, 0) is 103 Å². The second kappa shape index (κ2) is 14.9. The van der Waals surface area contributed by atoms with Crippen molar-refractivity contribution in [3.8, 4) is 16.9 Å². The average molecular weight is 541 g/mol. The van der Waals surface area contributed by atoms with Crippen LogP contribution in [0, 0.1) is 6.92 Å². The van der Waals surface area contributed by atoms with Crippen LogP contribution in [0.25, 0.3) is 11.1 Å². The lowest BCUT2D eigenvalue weighted by atomic mass is 9.75. The number of esters is 1. The second-order valence-electron chi connectivity index (χ2n) is 11.1. The SMILES string of the molecule is C=C(CO)C(=O)OCCOc1ccc(-c2ccc(C3CCC(c4ccc(CCCCC)cc4)CC3)cc2C)cc1. The fourth-order valence-electron chi connectivity index (χ4n) is 5.75. The molecule has 1 aliphatic carbocycles. The lowest BCUT2D eigenvalue weighted by Gasteiger charge is -2.29. The van der Waals surface area contributed by atoms with Crippen LogP contribution in [0.3, 0.4) is 0 Å². The van der Waals surface area contributed by atoms with Crippen LogP contribution >= 0.6 is 0 Å². The molecule has 3 aromatic rings. The zero-order valence-electron chi connectivity index (χ0n) is 24.2. The number of unbranched alkanes of at least 4 members (excludes halogenated alkanes) is 2. The molecule has 0 heterocycles. The van der Waals surface area contributed by atoms with E-state index in [1.54, 1.807) is 0 Å². The Bertz CT molecular complexity index is 1230. The van der Waals surface area contributed by atoms with E-state index >= 15 is 0 Å². The minimum Gasteiger partial charge on any atom is -0.490 e. The second-order valence-corrected chi connectivity index (χ2v) is 11.1. The molecule has 4 heteroatoms. The molecule has 212 valence electrons. The summed E-state index contributed by atoms with van der Waals surface area (Å²) in [6.07, 6.45) is 10.1. The molecule has 0 unspecified atom stereocenters. The number of aliphatic hydroxyl groups excluding tert-OH is 1. The normalized spacial score (nSPS) is 16.9. The maximum atomic E-state index is 11.5. The number of benzene rings is 3. The largest absolute Gasteiger partial charge is 0.490 e. The van der Waals surface area contributed by atoms with Gasteiger partial charge in [0, 0.05) is 0 Å². The summed E-state index contributed by atoms with van der Waals surface area (Å²) in [4.78, 5) is 11.5. The van der Waals surface area contributed by atoms with Crippen molar-refractivity contribution < 1.29 is 19.4 Å². The van der Waals surface area contributed by atoms with Gasteiger partial charge >= 0.3 is 5.97 Å². The van der Waals surface area contributed by atoms with Gasteiger partial charge in [-0.15, -0.1) is 0 Å². The van der Waals surface area contributed by atoms with Gasteiger partial charge in [0.05, 0.1) is 12.2 Å². The number of ether oxygens (including phenoxy) is 2. The molecule has 1 aliphatic rings. The molecule has 4 nitrogen and oxygen atoms in total. The molecule has 1 fully saturated rings. The lowest BCUT2D eigenvalue weighted by molar-refractivity contribution is -0.140. The Labute approximate surface area is 240 Å². The zero-order valence-corrected chi connectivity index (χ0v) is 24.2. The molecule has 0 radical (unpaired) electrons. The van der Waals surface area contributed by atoms with Gasteiger partial charge in [0.1, 0.15) is 19.0 Å². The van der Waals surface area contributed by atoms with Crippen molar-refractivity contribution in [2.24, 2.45) is 0 Å². The number of aryl methyl sites for hydroxylation is 2. The van der Waals surface area contributed by atoms with Crippen LogP contribution in [0.15, 0.2) is 78.9 Å². The lowest BCUT2D eigenvalue weighted by Crippen LogP contribution is -2.14. The Hall–Kier alpha value is -3.37. The molecule has 0 amide bonds. The van der Waals surface area contributed by atoms with Gasteiger partial charge in [-0.1, -0.05) is 80.9 Å². The number of carbonyl (C=O) groups is 1. The highest BCUT2D eigenvalue weighted by Gasteiger charge is 2.24. The average Bonchev–Trinajstić information content (AvgIpc) is 2.99. The van der Waals surface area contributed by atoms with Gasteiger partial charge in [0.15, 0.2) is 0 Å². The first-order chi connectivity index (χ1) is 19.5.